The first-order valence-corrected chi connectivity index (χ1v) is 9.81. The zero-order valence-electron chi connectivity index (χ0n) is 13.6. The highest BCUT2D eigenvalue weighted by Gasteiger charge is 2.46. The second-order valence-electron chi connectivity index (χ2n) is 6.67. The molecular formula is C19H18FNO3S. The Morgan fingerprint density at radius 3 is 2.12 bits per heavy atom. The van der Waals surface area contributed by atoms with Gasteiger partial charge in [0.15, 0.2) is 0 Å². The Balaban J connectivity index is 1.66. The number of ketones is 1. The van der Waals surface area contributed by atoms with E-state index in [-0.39, 0.29) is 28.6 Å². The summed E-state index contributed by atoms with van der Waals surface area (Å²) >= 11 is 0. The van der Waals surface area contributed by atoms with Crippen molar-refractivity contribution >= 4 is 15.8 Å². The van der Waals surface area contributed by atoms with Crippen molar-refractivity contribution in [3.05, 3.63) is 54.3 Å². The highest BCUT2D eigenvalue weighted by atomic mass is 32.2. The van der Waals surface area contributed by atoms with Crippen LogP contribution < -0.4 is 0 Å². The van der Waals surface area contributed by atoms with E-state index in [1.54, 1.807) is 30.3 Å². The molecule has 4 nitrogen and oxygen atoms in total. The fraction of sp³-hybridized carbons (Fsp3) is 0.316. The van der Waals surface area contributed by atoms with E-state index < -0.39 is 10.0 Å². The van der Waals surface area contributed by atoms with Gasteiger partial charge in [0.2, 0.25) is 10.0 Å². The van der Waals surface area contributed by atoms with Crippen molar-refractivity contribution in [3.63, 3.8) is 0 Å². The lowest BCUT2D eigenvalue weighted by atomic mass is 10.0. The van der Waals surface area contributed by atoms with Gasteiger partial charge in [-0.3, -0.25) is 4.79 Å². The van der Waals surface area contributed by atoms with Crippen molar-refractivity contribution in [2.75, 3.05) is 0 Å². The molecule has 0 spiro atoms. The average molecular weight is 359 g/mol. The maximum Gasteiger partial charge on any atom is 0.243 e. The van der Waals surface area contributed by atoms with Crippen molar-refractivity contribution in [1.82, 2.24) is 4.31 Å². The molecule has 2 aromatic rings. The molecule has 2 unspecified atom stereocenters. The molecule has 0 radical (unpaired) electrons. The van der Waals surface area contributed by atoms with Crippen molar-refractivity contribution < 1.29 is 17.6 Å². The predicted molar refractivity (Wildman–Crippen MR) is 91.9 cm³/mol. The summed E-state index contributed by atoms with van der Waals surface area (Å²) in [5.41, 5.74) is 1.07. The number of carbonyl (C=O) groups is 1. The topological polar surface area (TPSA) is 54.5 Å². The molecule has 6 heteroatoms. The van der Waals surface area contributed by atoms with Crippen molar-refractivity contribution in [1.29, 1.82) is 0 Å². The van der Waals surface area contributed by atoms with E-state index in [0.29, 0.717) is 24.0 Å². The first-order valence-electron chi connectivity index (χ1n) is 8.37. The van der Waals surface area contributed by atoms with Crippen LogP contribution in [0.1, 0.15) is 25.7 Å². The molecule has 25 heavy (non-hydrogen) atoms. The maximum atomic E-state index is 13.9. The van der Waals surface area contributed by atoms with Gasteiger partial charge in [-0.05, 0) is 36.6 Å². The lowest BCUT2D eigenvalue weighted by Crippen LogP contribution is -2.46. The number of rotatable bonds is 3. The molecule has 0 amide bonds. The zero-order valence-corrected chi connectivity index (χ0v) is 14.4. The molecule has 130 valence electrons. The van der Waals surface area contributed by atoms with E-state index in [2.05, 4.69) is 0 Å². The number of piperidine rings is 1. The first-order chi connectivity index (χ1) is 12.0. The summed E-state index contributed by atoms with van der Waals surface area (Å²) in [6, 6.07) is 12.3. The number of fused-ring (bicyclic) bond motifs is 2. The summed E-state index contributed by atoms with van der Waals surface area (Å²) in [6.45, 7) is 0. The van der Waals surface area contributed by atoms with Gasteiger partial charge in [0.05, 0.1) is 4.90 Å². The minimum Gasteiger partial charge on any atom is -0.300 e. The minimum absolute atomic E-state index is 0.147. The van der Waals surface area contributed by atoms with Crippen molar-refractivity contribution in [2.24, 2.45) is 0 Å². The number of Topliss-reactive ketones (excluding diaryl/α,β-unsaturated/α-hetero) is 1. The molecule has 2 aliphatic rings. The monoisotopic (exact) mass is 359 g/mol. The number of sulfonamides is 1. The van der Waals surface area contributed by atoms with Crippen molar-refractivity contribution in [2.45, 2.75) is 42.7 Å². The number of halogens is 1. The molecule has 0 saturated carbocycles. The van der Waals surface area contributed by atoms with Crippen LogP contribution in [0.2, 0.25) is 0 Å². The molecule has 2 bridgehead atoms. The lowest BCUT2D eigenvalue weighted by molar-refractivity contribution is -0.122. The van der Waals surface area contributed by atoms with Gasteiger partial charge < -0.3 is 0 Å². The summed E-state index contributed by atoms with van der Waals surface area (Å²) in [5.74, 6) is -0.195. The van der Waals surface area contributed by atoms with Crippen LogP contribution in [0.15, 0.2) is 53.4 Å². The van der Waals surface area contributed by atoms with Crippen LogP contribution in [0, 0.1) is 5.82 Å². The third-order valence-corrected chi connectivity index (χ3v) is 7.11. The number of benzene rings is 2. The van der Waals surface area contributed by atoms with Crippen molar-refractivity contribution in [3.8, 4) is 11.1 Å². The van der Waals surface area contributed by atoms with Gasteiger partial charge in [0, 0.05) is 30.5 Å². The van der Waals surface area contributed by atoms with E-state index in [1.165, 1.54) is 22.5 Å². The Morgan fingerprint density at radius 2 is 1.52 bits per heavy atom. The number of nitrogens with zero attached hydrogens (tertiary/aromatic N) is 1. The van der Waals surface area contributed by atoms with E-state index in [1.807, 2.05) is 0 Å². The summed E-state index contributed by atoms with van der Waals surface area (Å²) < 4.78 is 41.4. The molecule has 2 aliphatic heterocycles. The third-order valence-electron chi connectivity index (χ3n) is 5.09. The van der Waals surface area contributed by atoms with Crippen LogP contribution in [-0.2, 0) is 14.8 Å². The molecule has 2 fully saturated rings. The summed E-state index contributed by atoms with van der Waals surface area (Å²) in [6.07, 6.45) is 2.10. The fourth-order valence-corrected chi connectivity index (χ4v) is 5.81. The standard InChI is InChI=1S/C19H18FNO3S/c20-19-4-2-1-3-18(19)13-5-9-17(10-6-13)25(23,24)21-14-7-8-15(21)12-16(22)11-14/h1-6,9-10,14-15H,7-8,11-12H2. The highest BCUT2D eigenvalue weighted by molar-refractivity contribution is 7.89. The van der Waals surface area contributed by atoms with Crippen LogP contribution in [0.3, 0.4) is 0 Å². The minimum atomic E-state index is -3.64. The predicted octanol–water partition coefficient (Wildman–Crippen LogP) is 3.38. The van der Waals surface area contributed by atoms with Gasteiger partial charge in [-0.25, -0.2) is 12.8 Å². The van der Waals surface area contributed by atoms with E-state index in [9.17, 15) is 17.6 Å². The SMILES string of the molecule is O=C1CC2CCC(C1)N2S(=O)(=O)c1ccc(-c2ccccc2F)cc1. The van der Waals surface area contributed by atoms with Crippen LogP contribution in [0.4, 0.5) is 4.39 Å². The number of carbonyl (C=O) groups excluding carboxylic acids is 1. The Labute approximate surface area is 146 Å². The Bertz CT molecular complexity index is 908. The van der Waals surface area contributed by atoms with Gasteiger partial charge >= 0.3 is 0 Å². The first kappa shape index (κ1) is 16.4. The van der Waals surface area contributed by atoms with Crippen LogP contribution in [-0.4, -0.2) is 30.6 Å². The molecule has 2 heterocycles. The summed E-state index contributed by atoms with van der Waals surface area (Å²) in [4.78, 5) is 11.9. The molecule has 2 saturated heterocycles. The molecular weight excluding hydrogens is 341 g/mol. The summed E-state index contributed by atoms with van der Waals surface area (Å²) in [7, 11) is -3.64. The molecule has 2 aromatic carbocycles. The second-order valence-corrected chi connectivity index (χ2v) is 8.51. The van der Waals surface area contributed by atoms with Gasteiger partial charge in [0.1, 0.15) is 11.6 Å². The number of hydrogen-bond donors (Lipinski definition) is 0. The van der Waals surface area contributed by atoms with Crippen LogP contribution in [0.5, 0.6) is 0 Å². The molecule has 0 N–H and O–H groups in total. The Morgan fingerprint density at radius 1 is 0.920 bits per heavy atom. The van der Waals surface area contributed by atoms with Gasteiger partial charge in [-0.15, -0.1) is 0 Å². The van der Waals surface area contributed by atoms with E-state index >= 15 is 0 Å². The zero-order chi connectivity index (χ0) is 17.6. The third kappa shape index (κ3) is 2.79. The Kier molecular flexibility index (Phi) is 3.96. The largest absolute Gasteiger partial charge is 0.300 e. The van der Waals surface area contributed by atoms with Crippen LogP contribution in [0.25, 0.3) is 11.1 Å². The lowest BCUT2D eigenvalue weighted by Gasteiger charge is -2.32. The molecule has 4 rings (SSSR count). The molecule has 0 aromatic heterocycles. The smallest absolute Gasteiger partial charge is 0.243 e. The maximum absolute atomic E-state index is 13.9. The van der Waals surface area contributed by atoms with Gasteiger partial charge in [-0.1, -0.05) is 30.3 Å². The van der Waals surface area contributed by atoms with Crippen LogP contribution >= 0.6 is 0 Å². The van der Waals surface area contributed by atoms with Gasteiger partial charge in [0.25, 0.3) is 0 Å². The average Bonchev–Trinajstić information content (AvgIpc) is 2.88. The quantitative estimate of drug-likeness (QED) is 0.844. The second kappa shape index (κ2) is 6.04. The van der Waals surface area contributed by atoms with Gasteiger partial charge in [-0.2, -0.15) is 4.31 Å². The molecule has 0 aliphatic carbocycles. The van der Waals surface area contributed by atoms with E-state index in [4.69, 9.17) is 0 Å². The fourth-order valence-electron chi connectivity index (χ4n) is 3.95. The van der Waals surface area contributed by atoms with E-state index in [0.717, 1.165) is 12.8 Å². The highest BCUT2D eigenvalue weighted by Crippen LogP contribution is 2.38. The summed E-state index contributed by atoms with van der Waals surface area (Å²) in [5, 5.41) is 0. The molecule has 2 atom stereocenters. The number of hydrogen-bond acceptors (Lipinski definition) is 3. The normalized spacial score (nSPS) is 23.8. The Hall–Kier alpha value is -2.05.